The number of rotatable bonds is 5. The molecule has 166 valence electrons. The highest BCUT2D eigenvalue weighted by Gasteiger charge is 2.15. The zero-order chi connectivity index (χ0) is 23.6. The van der Waals surface area contributed by atoms with E-state index in [9.17, 15) is 14.7 Å². The third kappa shape index (κ3) is 5.12. The van der Waals surface area contributed by atoms with Crippen molar-refractivity contribution in [1.29, 1.82) is 0 Å². The highest BCUT2D eigenvalue weighted by Crippen LogP contribution is 2.27. The molecule has 0 unspecified atom stereocenters. The van der Waals surface area contributed by atoms with Crippen LogP contribution in [0.25, 0.3) is 21.9 Å². The van der Waals surface area contributed by atoms with Crippen LogP contribution in [0.15, 0.2) is 84.9 Å². The molecule has 0 spiro atoms. The van der Waals surface area contributed by atoms with Gasteiger partial charge in [-0.15, -0.1) is 0 Å². The number of carboxylic acids is 1. The molecular weight excluding hydrogens is 410 g/mol. The molecule has 1 amide bonds. The molecule has 0 bridgehead atoms. The first-order valence-corrected chi connectivity index (χ1v) is 11.0. The Bertz CT molecular complexity index is 1310. The van der Waals surface area contributed by atoms with Gasteiger partial charge in [0, 0.05) is 0 Å². The smallest absolute Gasteiger partial charge is 0.337 e. The van der Waals surface area contributed by atoms with E-state index in [4.69, 9.17) is 0 Å². The van der Waals surface area contributed by atoms with E-state index in [0.29, 0.717) is 5.69 Å². The largest absolute Gasteiger partial charge is 0.478 e. The van der Waals surface area contributed by atoms with Gasteiger partial charge in [0.1, 0.15) is 0 Å². The maximum atomic E-state index is 12.7. The maximum absolute atomic E-state index is 12.7. The van der Waals surface area contributed by atoms with Crippen LogP contribution < -0.4 is 5.32 Å². The van der Waals surface area contributed by atoms with E-state index < -0.39 is 5.97 Å². The first kappa shape index (κ1) is 22.3. The second-order valence-electron chi connectivity index (χ2n) is 9.30. The van der Waals surface area contributed by atoms with E-state index in [1.807, 2.05) is 48.5 Å². The Labute approximate surface area is 193 Å². The molecule has 4 heteroatoms. The Hall–Kier alpha value is -3.92. The summed E-state index contributed by atoms with van der Waals surface area (Å²) < 4.78 is 0. The van der Waals surface area contributed by atoms with E-state index >= 15 is 0 Å². The minimum Gasteiger partial charge on any atom is -0.478 e. The van der Waals surface area contributed by atoms with Gasteiger partial charge >= 0.3 is 5.97 Å². The molecule has 0 fully saturated rings. The van der Waals surface area contributed by atoms with Crippen molar-refractivity contribution < 1.29 is 14.7 Å². The number of aromatic carboxylic acids is 1. The average molecular weight is 438 g/mol. The molecule has 0 saturated carbocycles. The van der Waals surface area contributed by atoms with E-state index in [0.717, 1.165) is 27.5 Å². The molecule has 0 atom stereocenters. The van der Waals surface area contributed by atoms with Crippen molar-refractivity contribution in [2.75, 3.05) is 5.32 Å². The number of carbonyl (C=O) groups is 2. The topological polar surface area (TPSA) is 66.4 Å². The van der Waals surface area contributed by atoms with Gasteiger partial charge in [-0.25, -0.2) is 4.79 Å². The molecule has 0 aliphatic carbocycles. The summed E-state index contributed by atoms with van der Waals surface area (Å²) in [5.74, 6) is -1.33. The van der Waals surface area contributed by atoms with Crippen LogP contribution in [0, 0.1) is 0 Å². The molecule has 4 aromatic carbocycles. The summed E-state index contributed by atoms with van der Waals surface area (Å²) >= 11 is 0. The molecule has 4 aromatic rings. The molecule has 4 rings (SSSR count). The van der Waals surface area contributed by atoms with Gasteiger partial charge in [-0.05, 0) is 50.6 Å². The highest BCUT2D eigenvalue weighted by atomic mass is 16.4. The summed E-state index contributed by atoms with van der Waals surface area (Å²) in [4.78, 5) is 24.4. The van der Waals surface area contributed by atoms with Crippen molar-refractivity contribution in [3.05, 3.63) is 102 Å². The van der Waals surface area contributed by atoms with Crippen LogP contribution in [-0.2, 0) is 16.6 Å². The van der Waals surface area contributed by atoms with Gasteiger partial charge in [0.05, 0.1) is 17.7 Å². The lowest BCUT2D eigenvalue weighted by Crippen LogP contribution is -2.16. The fourth-order valence-corrected chi connectivity index (χ4v) is 3.88. The fourth-order valence-electron chi connectivity index (χ4n) is 3.88. The average Bonchev–Trinajstić information content (AvgIpc) is 2.78. The van der Waals surface area contributed by atoms with Crippen LogP contribution >= 0.6 is 0 Å². The lowest BCUT2D eigenvalue weighted by atomic mass is 9.86. The Morgan fingerprint density at radius 1 is 0.788 bits per heavy atom. The molecule has 0 heterocycles. The summed E-state index contributed by atoms with van der Waals surface area (Å²) in [6, 6.07) is 27.2. The van der Waals surface area contributed by atoms with Gasteiger partial charge in [-0.1, -0.05) is 93.6 Å². The van der Waals surface area contributed by atoms with Crippen molar-refractivity contribution in [3.8, 4) is 11.1 Å². The number of carbonyl (C=O) groups excluding carboxylic acids is 1. The SMILES string of the molecule is CC(C)(C)c1ccc(-c2ccc(CC(=O)Nc3cc4ccccc4cc3C(=O)O)cc2)cc1. The molecule has 0 aliphatic rings. The second kappa shape index (κ2) is 8.91. The number of hydrogen-bond acceptors (Lipinski definition) is 2. The van der Waals surface area contributed by atoms with Crippen LogP contribution in [0.5, 0.6) is 0 Å². The molecule has 0 saturated heterocycles. The van der Waals surface area contributed by atoms with Crippen molar-refractivity contribution >= 4 is 28.3 Å². The molecule has 33 heavy (non-hydrogen) atoms. The predicted octanol–water partition coefficient (Wildman–Crippen LogP) is 6.68. The molecule has 4 nitrogen and oxygen atoms in total. The second-order valence-corrected chi connectivity index (χ2v) is 9.30. The van der Waals surface area contributed by atoms with Crippen LogP contribution in [0.1, 0.15) is 42.3 Å². The number of amides is 1. The van der Waals surface area contributed by atoms with Crippen LogP contribution in [0.2, 0.25) is 0 Å². The van der Waals surface area contributed by atoms with Gasteiger partial charge in [0.2, 0.25) is 5.91 Å². The predicted molar refractivity (Wildman–Crippen MR) is 134 cm³/mol. The molecule has 0 radical (unpaired) electrons. The first-order chi connectivity index (χ1) is 15.7. The van der Waals surface area contributed by atoms with Gasteiger partial charge in [0.25, 0.3) is 0 Å². The number of carboxylic acid groups (broad SMARTS) is 1. The van der Waals surface area contributed by atoms with E-state index in [2.05, 4.69) is 50.4 Å². The third-order valence-electron chi connectivity index (χ3n) is 5.79. The maximum Gasteiger partial charge on any atom is 0.337 e. The van der Waals surface area contributed by atoms with Crippen molar-refractivity contribution in [1.82, 2.24) is 0 Å². The van der Waals surface area contributed by atoms with Gasteiger partial charge in [0.15, 0.2) is 0 Å². The summed E-state index contributed by atoms with van der Waals surface area (Å²) in [6.07, 6.45) is 0.162. The lowest BCUT2D eigenvalue weighted by Gasteiger charge is -2.19. The number of nitrogens with one attached hydrogen (secondary N) is 1. The Balaban J connectivity index is 1.48. The van der Waals surface area contributed by atoms with Crippen LogP contribution in [0.4, 0.5) is 5.69 Å². The molecule has 0 aliphatic heterocycles. The monoisotopic (exact) mass is 437 g/mol. The molecular formula is C29H27NO3. The number of hydrogen-bond donors (Lipinski definition) is 2. The number of fused-ring (bicyclic) bond motifs is 1. The van der Waals surface area contributed by atoms with E-state index in [-0.39, 0.29) is 23.3 Å². The summed E-state index contributed by atoms with van der Waals surface area (Å²) in [7, 11) is 0. The highest BCUT2D eigenvalue weighted by molar-refractivity contribution is 6.05. The standard InChI is InChI=1S/C29H27NO3/c1-29(2,3)24-14-12-21(13-15-24)20-10-8-19(9-11-20)16-27(31)30-26-18-23-7-5-4-6-22(23)17-25(26)28(32)33/h4-15,17-18H,16H2,1-3H3,(H,30,31)(H,32,33). The van der Waals surface area contributed by atoms with Crippen molar-refractivity contribution in [3.63, 3.8) is 0 Å². The number of anilines is 1. The Morgan fingerprint density at radius 2 is 1.33 bits per heavy atom. The van der Waals surface area contributed by atoms with Crippen molar-refractivity contribution in [2.45, 2.75) is 32.6 Å². The Morgan fingerprint density at radius 3 is 1.88 bits per heavy atom. The van der Waals surface area contributed by atoms with Gasteiger partial charge in [-0.3, -0.25) is 4.79 Å². The zero-order valence-electron chi connectivity index (χ0n) is 19.1. The number of benzene rings is 4. The first-order valence-electron chi connectivity index (χ1n) is 11.0. The normalized spacial score (nSPS) is 11.4. The van der Waals surface area contributed by atoms with E-state index in [1.54, 1.807) is 12.1 Å². The van der Waals surface area contributed by atoms with Gasteiger partial charge < -0.3 is 10.4 Å². The summed E-state index contributed by atoms with van der Waals surface area (Å²) in [6.45, 7) is 6.58. The van der Waals surface area contributed by atoms with Gasteiger partial charge in [-0.2, -0.15) is 0 Å². The summed E-state index contributed by atoms with van der Waals surface area (Å²) in [5.41, 5.74) is 4.86. The Kier molecular flexibility index (Phi) is 6.01. The molecule has 2 N–H and O–H groups in total. The quantitative estimate of drug-likeness (QED) is 0.366. The third-order valence-corrected chi connectivity index (χ3v) is 5.79. The molecule has 0 aromatic heterocycles. The minimum atomic E-state index is -1.07. The lowest BCUT2D eigenvalue weighted by molar-refractivity contribution is -0.115. The van der Waals surface area contributed by atoms with Crippen molar-refractivity contribution in [2.24, 2.45) is 0 Å². The fraction of sp³-hybridized carbons (Fsp3) is 0.172. The summed E-state index contributed by atoms with van der Waals surface area (Å²) in [5, 5.41) is 14.0. The van der Waals surface area contributed by atoms with Crippen LogP contribution in [-0.4, -0.2) is 17.0 Å². The minimum absolute atomic E-state index is 0.0797. The van der Waals surface area contributed by atoms with E-state index in [1.165, 1.54) is 5.56 Å². The zero-order valence-corrected chi connectivity index (χ0v) is 19.1. The van der Waals surface area contributed by atoms with Crippen LogP contribution in [0.3, 0.4) is 0 Å².